The highest BCUT2D eigenvalue weighted by Crippen LogP contribution is 2.21. The monoisotopic (exact) mass is 270 g/mol. The number of phenols is 1. The van der Waals surface area contributed by atoms with Gasteiger partial charge in [0, 0.05) is 24.4 Å². The lowest BCUT2D eigenvalue weighted by Gasteiger charge is -2.19. The van der Waals surface area contributed by atoms with Gasteiger partial charge in [-0.2, -0.15) is 0 Å². The van der Waals surface area contributed by atoms with Crippen molar-refractivity contribution in [2.45, 2.75) is 6.42 Å². The molecule has 0 bridgehead atoms. The molecule has 0 saturated heterocycles. The number of phenolic OH excluding ortho intramolecular Hbond substituents is 1. The molecule has 0 spiro atoms. The van der Waals surface area contributed by atoms with Gasteiger partial charge in [-0.05, 0) is 36.7 Å². The lowest BCUT2D eigenvalue weighted by atomic mass is 10.0. The number of hydrogen-bond donors (Lipinski definition) is 2. The molecule has 0 unspecified atom stereocenters. The second-order valence-corrected chi connectivity index (χ2v) is 4.58. The topological polar surface area (TPSA) is 66.6 Å². The lowest BCUT2D eigenvalue weighted by molar-refractivity contribution is 0.0992. The molecule has 2 rings (SSSR count). The van der Waals surface area contributed by atoms with Gasteiger partial charge in [0.2, 0.25) is 0 Å². The Morgan fingerprint density at radius 2 is 1.95 bits per heavy atom. The molecule has 0 saturated carbocycles. The highest BCUT2D eigenvalue weighted by atomic mass is 16.3. The summed E-state index contributed by atoms with van der Waals surface area (Å²) in [6.45, 7) is 0.500. The molecule has 0 aliphatic rings. The van der Waals surface area contributed by atoms with E-state index in [1.54, 1.807) is 37.4 Å². The highest BCUT2D eigenvalue weighted by Gasteiger charge is 2.16. The molecule has 0 fully saturated rings. The van der Waals surface area contributed by atoms with Crippen LogP contribution >= 0.6 is 0 Å². The molecule has 0 aliphatic heterocycles. The molecule has 0 radical (unpaired) electrons. The smallest absolute Gasteiger partial charge is 0.258 e. The first-order valence-corrected chi connectivity index (χ1v) is 6.48. The third-order valence-corrected chi connectivity index (χ3v) is 3.18. The predicted octanol–water partition coefficient (Wildman–Crippen LogP) is 2.17. The van der Waals surface area contributed by atoms with Gasteiger partial charge >= 0.3 is 0 Å². The zero-order valence-electron chi connectivity index (χ0n) is 11.4. The molecule has 0 aliphatic carbocycles. The van der Waals surface area contributed by atoms with Crippen molar-refractivity contribution in [3.05, 3.63) is 59.7 Å². The quantitative estimate of drug-likeness (QED) is 0.894. The van der Waals surface area contributed by atoms with Crippen molar-refractivity contribution in [1.29, 1.82) is 0 Å². The number of carbonyl (C=O) groups excluding carboxylic acids is 1. The third kappa shape index (κ3) is 2.97. The fourth-order valence-electron chi connectivity index (χ4n) is 2.10. The van der Waals surface area contributed by atoms with Crippen LogP contribution in [0.1, 0.15) is 15.9 Å². The molecular weight excluding hydrogens is 252 g/mol. The summed E-state index contributed by atoms with van der Waals surface area (Å²) < 4.78 is 0. The van der Waals surface area contributed by atoms with Crippen molar-refractivity contribution in [3.8, 4) is 5.75 Å². The van der Waals surface area contributed by atoms with Crippen molar-refractivity contribution in [2.75, 3.05) is 18.5 Å². The van der Waals surface area contributed by atoms with Gasteiger partial charge in [0.05, 0.1) is 0 Å². The minimum Gasteiger partial charge on any atom is -0.508 e. The van der Waals surface area contributed by atoms with Crippen LogP contribution in [0.3, 0.4) is 0 Å². The summed E-state index contributed by atoms with van der Waals surface area (Å²) in [5.41, 5.74) is 7.81. The lowest BCUT2D eigenvalue weighted by Crippen LogP contribution is -2.27. The van der Waals surface area contributed by atoms with E-state index in [9.17, 15) is 9.90 Å². The molecule has 0 atom stereocenters. The number of hydrogen-bond acceptors (Lipinski definition) is 3. The van der Waals surface area contributed by atoms with Crippen LogP contribution < -0.4 is 10.6 Å². The minimum atomic E-state index is -0.111. The minimum absolute atomic E-state index is 0.111. The number of aromatic hydroxyl groups is 1. The maximum atomic E-state index is 12.6. The number of nitrogens with zero attached hydrogens (tertiary/aromatic N) is 1. The summed E-state index contributed by atoms with van der Waals surface area (Å²) in [6, 6.07) is 14.1. The number of benzene rings is 2. The Bertz CT molecular complexity index is 611. The Kier molecular flexibility index (Phi) is 4.38. The standard InChI is InChI=1S/C16H18N2O2/c1-18(13-6-4-7-14(19)11-13)16(20)15-8-3-2-5-12(15)9-10-17/h2-8,11,19H,9-10,17H2,1H3. The normalized spacial score (nSPS) is 10.3. The van der Waals surface area contributed by atoms with Crippen LogP contribution in [-0.4, -0.2) is 24.6 Å². The average Bonchev–Trinajstić information content (AvgIpc) is 2.47. The number of nitrogens with two attached hydrogens (primary N) is 1. The van der Waals surface area contributed by atoms with E-state index < -0.39 is 0 Å². The summed E-state index contributed by atoms with van der Waals surface area (Å²) in [4.78, 5) is 14.1. The Hall–Kier alpha value is -2.33. The zero-order chi connectivity index (χ0) is 14.5. The van der Waals surface area contributed by atoms with Crippen molar-refractivity contribution < 1.29 is 9.90 Å². The van der Waals surface area contributed by atoms with E-state index in [-0.39, 0.29) is 11.7 Å². The summed E-state index contributed by atoms with van der Waals surface area (Å²) in [6.07, 6.45) is 0.662. The molecule has 0 aromatic heterocycles. The molecular formula is C16H18N2O2. The Morgan fingerprint density at radius 3 is 2.65 bits per heavy atom. The number of amides is 1. The first-order chi connectivity index (χ1) is 9.63. The van der Waals surface area contributed by atoms with E-state index in [4.69, 9.17) is 5.73 Å². The van der Waals surface area contributed by atoms with E-state index in [1.165, 1.54) is 4.90 Å². The number of rotatable bonds is 4. The van der Waals surface area contributed by atoms with Crippen LogP contribution in [0, 0.1) is 0 Å². The molecule has 3 N–H and O–H groups in total. The predicted molar refractivity (Wildman–Crippen MR) is 80.0 cm³/mol. The molecule has 2 aromatic carbocycles. The van der Waals surface area contributed by atoms with Crippen molar-refractivity contribution in [2.24, 2.45) is 5.73 Å². The van der Waals surface area contributed by atoms with Crippen LogP contribution in [-0.2, 0) is 6.42 Å². The van der Waals surface area contributed by atoms with Gasteiger partial charge in [-0.25, -0.2) is 0 Å². The fraction of sp³-hybridized carbons (Fsp3) is 0.188. The van der Waals surface area contributed by atoms with Crippen LogP contribution in [0.2, 0.25) is 0 Å². The van der Waals surface area contributed by atoms with Gasteiger partial charge in [-0.3, -0.25) is 4.79 Å². The maximum Gasteiger partial charge on any atom is 0.258 e. The van der Waals surface area contributed by atoms with Crippen molar-refractivity contribution in [3.63, 3.8) is 0 Å². The van der Waals surface area contributed by atoms with Gasteiger partial charge in [-0.15, -0.1) is 0 Å². The highest BCUT2D eigenvalue weighted by molar-refractivity contribution is 6.06. The second-order valence-electron chi connectivity index (χ2n) is 4.58. The molecule has 4 nitrogen and oxygen atoms in total. The summed E-state index contributed by atoms with van der Waals surface area (Å²) in [5.74, 6) is 0.0250. The number of anilines is 1. The van der Waals surface area contributed by atoms with Crippen LogP contribution in [0.15, 0.2) is 48.5 Å². The zero-order valence-corrected chi connectivity index (χ0v) is 11.4. The van der Waals surface area contributed by atoms with Crippen LogP contribution in [0.25, 0.3) is 0 Å². The SMILES string of the molecule is CN(C(=O)c1ccccc1CCN)c1cccc(O)c1. The van der Waals surface area contributed by atoms with Gasteiger partial charge in [0.15, 0.2) is 0 Å². The molecule has 104 valence electrons. The summed E-state index contributed by atoms with van der Waals surface area (Å²) in [5, 5.41) is 9.50. The molecule has 20 heavy (non-hydrogen) atoms. The largest absolute Gasteiger partial charge is 0.508 e. The van der Waals surface area contributed by atoms with E-state index in [0.717, 1.165) is 5.56 Å². The Morgan fingerprint density at radius 1 is 1.20 bits per heavy atom. The molecule has 2 aromatic rings. The fourth-order valence-corrected chi connectivity index (χ4v) is 2.10. The average molecular weight is 270 g/mol. The molecule has 4 heteroatoms. The van der Waals surface area contributed by atoms with E-state index in [0.29, 0.717) is 24.2 Å². The number of carbonyl (C=O) groups is 1. The third-order valence-electron chi connectivity index (χ3n) is 3.18. The van der Waals surface area contributed by atoms with Crippen molar-refractivity contribution >= 4 is 11.6 Å². The van der Waals surface area contributed by atoms with Gasteiger partial charge < -0.3 is 15.7 Å². The summed E-state index contributed by atoms with van der Waals surface area (Å²) in [7, 11) is 1.69. The maximum absolute atomic E-state index is 12.6. The Balaban J connectivity index is 2.31. The first-order valence-electron chi connectivity index (χ1n) is 6.48. The first kappa shape index (κ1) is 14.1. The van der Waals surface area contributed by atoms with E-state index in [2.05, 4.69) is 0 Å². The second kappa shape index (κ2) is 6.21. The van der Waals surface area contributed by atoms with Gasteiger partial charge in [0.25, 0.3) is 5.91 Å². The van der Waals surface area contributed by atoms with Gasteiger partial charge in [-0.1, -0.05) is 24.3 Å². The van der Waals surface area contributed by atoms with Gasteiger partial charge in [0.1, 0.15) is 5.75 Å². The van der Waals surface area contributed by atoms with Crippen molar-refractivity contribution in [1.82, 2.24) is 0 Å². The molecule has 0 heterocycles. The van der Waals surface area contributed by atoms with E-state index >= 15 is 0 Å². The molecule has 1 amide bonds. The van der Waals surface area contributed by atoms with E-state index in [1.807, 2.05) is 18.2 Å². The summed E-state index contributed by atoms with van der Waals surface area (Å²) >= 11 is 0. The Labute approximate surface area is 118 Å². The van der Waals surface area contributed by atoms with Crippen LogP contribution in [0.4, 0.5) is 5.69 Å². The van der Waals surface area contributed by atoms with Crippen LogP contribution in [0.5, 0.6) is 5.75 Å².